The standard InChI is InChI=1S/C14H13ClFNO/c1-17-9-10-5-6-11(15)7-14(10)18-13-4-2-3-12(16)8-13/h2-8,17H,9H2,1H3. The van der Waals surface area contributed by atoms with Crippen LogP contribution in [0, 0.1) is 5.82 Å². The first kappa shape index (κ1) is 12.9. The Morgan fingerprint density at radius 1 is 1.22 bits per heavy atom. The lowest BCUT2D eigenvalue weighted by Gasteiger charge is -2.11. The Morgan fingerprint density at radius 3 is 2.78 bits per heavy atom. The molecule has 0 atom stereocenters. The van der Waals surface area contributed by atoms with Gasteiger partial charge in [0, 0.05) is 23.2 Å². The van der Waals surface area contributed by atoms with Gasteiger partial charge in [-0.1, -0.05) is 23.7 Å². The van der Waals surface area contributed by atoms with E-state index in [-0.39, 0.29) is 5.82 Å². The summed E-state index contributed by atoms with van der Waals surface area (Å²) in [6.45, 7) is 0.655. The van der Waals surface area contributed by atoms with E-state index in [2.05, 4.69) is 5.32 Å². The van der Waals surface area contributed by atoms with Crippen molar-refractivity contribution in [3.63, 3.8) is 0 Å². The van der Waals surface area contributed by atoms with Gasteiger partial charge in [-0.3, -0.25) is 0 Å². The van der Waals surface area contributed by atoms with Crippen LogP contribution in [0.5, 0.6) is 11.5 Å². The number of halogens is 2. The Morgan fingerprint density at radius 2 is 2.06 bits per heavy atom. The van der Waals surface area contributed by atoms with Crippen LogP contribution >= 0.6 is 11.6 Å². The van der Waals surface area contributed by atoms with Gasteiger partial charge in [0.2, 0.25) is 0 Å². The lowest BCUT2D eigenvalue weighted by atomic mass is 10.2. The number of rotatable bonds is 4. The first-order valence-electron chi connectivity index (χ1n) is 5.55. The largest absolute Gasteiger partial charge is 0.457 e. The Balaban J connectivity index is 2.29. The molecule has 0 unspecified atom stereocenters. The van der Waals surface area contributed by atoms with Gasteiger partial charge >= 0.3 is 0 Å². The molecule has 0 radical (unpaired) electrons. The summed E-state index contributed by atoms with van der Waals surface area (Å²) in [4.78, 5) is 0. The van der Waals surface area contributed by atoms with E-state index in [1.54, 1.807) is 24.3 Å². The zero-order valence-corrected chi connectivity index (χ0v) is 10.7. The fourth-order valence-electron chi connectivity index (χ4n) is 1.62. The van der Waals surface area contributed by atoms with Gasteiger partial charge in [-0.2, -0.15) is 0 Å². The molecule has 4 heteroatoms. The molecule has 2 aromatic carbocycles. The summed E-state index contributed by atoms with van der Waals surface area (Å²) in [5.74, 6) is 0.752. The molecule has 18 heavy (non-hydrogen) atoms. The van der Waals surface area contributed by atoms with Crippen LogP contribution in [0.1, 0.15) is 5.56 Å². The van der Waals surface area contributed by atoms with Gasteiger partial charge in [0.05, 0.1) is 0 Å². The third-order valence-electron chi connectivity index (χ3n) is 2.42. The van der Waals surface area contributed by atoms with Crippen molar-refractivity contribution in [2.75, 3.05) is 7.05 Å². The quantitative estimate of drug-likeness (QED) is 0.902. The van der Waals surface area contributed by atoms with Crippen molar-refractivity contribution in [3.8, 4) is 11.5 Å². The smallest absolute Gasteiger partial charge is 0.133 e. The zero-order chi connectivity index (χ0) is 13.0. The van der Waals surface area contributed by atoms with Crippen molar-refractivity contribution in [2.45, 2.75) is 6.54 Å². The molecule has 1 N–H and O–H groups in total. The maximum Gasteiger partial charge on any atom is 0.133 e. The van der Waals surface area contributed by atoms with Crippen LogP contribution in [0.4, 0.5) is 4.39 Å². The van der Waals surface area contributed by atoms with E-state index in [1.165, 1.54) is 12.1 Å². The Labute approximate surface area is 110 Å². The molecule has 0 amide bonds. The van der Waals surface area contributed by atoms with Crippen molar-refractivity contribution >= 4 is 11.6 Å². The predicted octanol–water partition coefficient (Wildman–Crippen LogP) is 3.99. The maximum absolute atomic E-state index is 13.1. The summed E-state index contributed by atoms with van der Waals surface area (Å²) in [6.07, 6.45) is 0. The highest BCUT2D eigenvalue weighted by Gasteiger charge is 2.06. The van der Waals surface area contributed by atoms with Crippen LogP contribution in [-0.4, -0.2) is 7.05 Å². The van der Waals surface area contributed by atoms with Crippen molar-refractivity contribution in [1.82, 2.24) is 5.32 Å². The number of benzene rings is 2. The van der Waals surface area contributed by atoms with Crippen molar-refractivity contribution in [1.29, 1.82) is 0 Å². The number of hydrogen-bond acceptors (Lipinski definition) is 2. The molecule has 0 heterocycles. The third kappa shape index (κ3) is 3.22. The monoisotopic (exact) mass is 265 g/mol. The van der Waals surface area contributed by atoms with E-state index in [0.29, 0.717) is 23.1 Å². The van der Waals surface area contributed by atoms with Gasteiger partial charge in [-0.05, 0) is 31.3 Å². The molecule has 0 saturated carbocycles. The van der Waals surface area contributed by atoms with Crippen molar-refractivity contribution in [2.24, 2.45) is 0 Å². The zero-order valence-electron chi connectivity index (χ0n) is 9.91. The molecular formula is C14H13ClFNO. The Bertz CT molecular complexity index is 545. The van der Waals surface area contributed by atoms with E-state index in [1.807, 2.05) is 13.1 Å². The van der Waals surface area contributed by atoms with Gasteiger partial charge in [0.15, 0.2) is 0 Å². The van der Waals surface area contributed by atoms with Crippen LogP contribution in [0.15, 0.2) is 42.5 Å². The van der Waals surface area contributed by atoms with Crippen LogP contribution in [0.2, 0.25) is 5.02 Å². The summed E-state index contributed by atoms with van der Waals surface area (Å²) in [7, 11) is 1.85. The highest BCUT2D eigenvalue weighted by molar-refractivity contribution is 6.30. The minimum atomic E-state index is -0.329. The predicted molar refractivity (Wildman–Crippen MR) is 70.7 cm³/mol. The van der Waals surface area contributed by atoms with E-state index in [9.17, 15) is 4.39 Å². The summed E-state index contributed by atoms with van der Waals surface area (Å²) in [5.41, 5.74) is 0.964. The SMILES string of the molecule is CNCc1ccc(Cl)cc1Oc1cccc(F)c1. The van der Waals surface area contributed by atoms with Crippen LogP contribution in [0.25, 0.3) is 0 Å². The van der Waals surface area contributed by atoms with Crippen LogP contribution < -0.4 is 10.1 Å². The van der Waals surface area contributed by atoms with E-state index in [0.717, 1.165) is 5.56 Å². The summed E-state index contributed by atoms with van der Waals surface area (Å²) in [6, 6.07) is 11.4. The average molecular weight is 266 g/mol. The van der Waals surface area contributed by atoms with Crippen molar-refractivity contribution < 1.29 is 9.13 Å². The molecule has 2 rings (SSSR count). The normalized spacial score (nSPS) is 10.4. The molecule has 0 aliphatic rings. The average Bonchev–Trinajstić information content (AvgIpc) is 2.33. The fourth-order valence-corrected chi connectivity index (χ4v) is 1.78. The highest BCUT2D eigenvalue weighted by Crippen LogP contribution is 2.28. The molecular weight excluding hydrogens is 253 g/mol. The highest BCUT2D eigenvalue weighted by atomic mass is 35.5. The molecule has 2 aromatic rings. The minimum Gasteiger partial charge on any atom is -0.457 e. The summed E-state index contributed by atoms with van der Waals surface area (Å²) < 4.78 is 18.7. The van der Waals surface area contributed by atoms with E-state index in [4.69, 9.17) is 16.3 Å². The van der Waals surface area contributed by atoms with Gasteiger partial charge in [0.1, 0.15) is 17.3 Å². The number of ether oxygens (including phenoxy) is 1. The van der Waals surface area contributed by atoms with E-state index >= 15 is 0 Å². The van der Waals surface area contributed by atoms with E-state index < -0.39 is 0 Å². The van der Waals surface area contributed by atoms with Gasteiger partial charge in [-0.15, -0.1) is 0 Å². The molecule has 0 aromatic heterocycles. The van der Waals surface area contributed by atoms with Gasteiger partial charge in [-0.25, -0.2) is 4.39 Å². The second-order valence-corrected chi connectivity index (χ2v) is 4.28. The van der Waals surface area contributed by atoms with Crippen molar-refractivity contribution in [3.05, 3.63) is 58.9 Å². The maximum atomic E-state index is 13.1. The molecule has 0 fully saturated rings. The lowest BCUT2D eigenvalue weighted by Crippen LogP contribution is -2.06. The Kier molecular flexibility index (Phi) is 4.18. The molecule has 0 aliphatic carbocycles. The molecule has 2 nitrogen and oxygen atoms in total. The second kappa shape index (κ2) is 5.85. The lowest BCUT2D eigenvalue weighted by molar-refractivity contribution is 0.469. The molecule has 0 spiro atoms. The first-order chi connectivity index (χ1) is 8.69. The van der Waals surface area contributed by atoms with Gasteiger partial charge in [0.25, 0.3) is 0 Å². The Hall–Kier alpha value is -1.58. The molecule has 0 saturated heterocycles. The van der Waals surface area contributed by atoms with Crippen LogP contribution in [0.3, 0.4) is 0 Å². The molecule has 0 bridgehead atoms. The second-order valence-electron chi connectivity index (χ2n) is 3.84. The van der Waals surface area contributed by atoms with Gasteiger partial charge < -0.3 is 10.1 Å². The first-order valence-corrected chi connectivity index (χ1v) is 5.93. The third-order valence-corrected chi connectivity index (χ3v) is 2.66. The minimum absolute atomic E-state index is 0.329. The topological polar surface area (TPSA) is 21.3 Å². The molecule has 94 valence electrons. The van der Waals surface area contributed by atoms with Crippen LogP contribution in [-0.2, 0) is 6.54 Å². The fraction of sp³-hybridized carbons (Fsp3) is 0.143. The number of nitrogens with one attached hydrogen (secondary N) is 1. The number of hydrogen-bond donors (Lipinski definition) is 1. The molecule has 0 aliphatic heterocycles. The summed E-state index contributed by atoms with van der Waals surface area (Å²) in [5, 5.41) is 3.63. The summed E-state index contributed by atoms with van der Waals surface area (Å²) >= 11 is 5.94.